The van der Waals surface area contributed by atoms with Crippen molar-refractivity contribution in [2.24, 2.45) is 4.99 Å². The van der Waals surface area contributed by atoms with Gasteiger partial charge < -0.3 is 15.4 Å². The third-order valence-corrected chi connectivity index (χ3v) is 4.44. The molecule has 0 atom stereocenters. The lowest BCUT2D eigenvalue weighted by Gasteiger charge is -2.16. The van der Waals surface area contributed by atoms with Crippen LogP contribution in [0.25, 0.3) is 11.4 Å². The predicted molar refractivity (Wildman–Crippen MR) is 116 cm³/mol. The molecule has 3 rings (SSSR count). The summed E-state index contributed by atoms with van der Waals surface area (Å²) in [6.07, 6.45) is -2.95. The molecule has 7 nitrogen and oxygen atoms in total. The van der Waals surface area contributed by atoms with Gasteiger partial charge in [0.05, 0.1) is 6.54 Å². The van der Waals surface area contributed by atoms with Crippen LogP contribution in [0.4, 0.5) is 13.2 Å². The van der Waals surface area contributed by atoms with E-state index in [0.29, 0.717) is 30.4 Å². The van der Waals surface area contributed by atoms with E-state index in [9.17, 15) is 13.2 Å². The highest BCUT2D eigenvalue weighted by Crippen LogP contribution is 2.24. The number of rotatable bonds is 8. The van der Waals surface area contributed by atoms with Gasteiger partial charge in [-0.3, -0.25) is 5.10 Å². The van der Waals surface area contributed by atoms with Crippen LogP contribution in [0, 0.1) is 6.92 Å². The Morgan fingerprint density at radius 1 is 1.16 bits per heavy atom. The predicted octanol–water partition coefficient (Wildman–Crippen LogP) is 3.98. The second-order valence-electron chi connectivity index (χ2n) is 7.10. The van der Waals surface area contributed by atoms with E-state index in [4.69, 9.17) is 4.74 Å². The zero-order chi connectivity index (χ0) is 23.0. The van der Waals surface area contributed by atoms with E-state index in [0.717, 1.165) is 16.7 Å². The molecule has 0 aliphatic heterocycles. The van der Waals surface area contributed by atoms with Crippen LogP contribution in [0.3, 0.4) is 0 Å². The number of hydrogen-bond donors (Lipinski definition) is 3. The van der Waals surface area contributed by atoms with Crippen LogP contribution in [-0.4, -0.2) is 40.5 Å². The molecule has 0 saturated heterocycles. The molecule has 0 aliphatic rings. The minimum Gasteiger partial charge on any atom is -0.484 e. The maximum atomic E-state index is 12.6. The topological polar surface area (TPSA) is 87.2 Å². The van der Waals surface area contributed by atoms with Crippen molar-refractivity contribution in [1.82, 2.24) is 25.8 Å². The van der Waals surface area contributed by atoms with Gasteiger partial charge in [-0.05, 0) is 37.1 Å². The van der Waals surface area contributed by atoms with E-state index >= 15 is 0 Å². The number of guanidine groups is 1. The molecule has 0 amide bonds. The van der Waals surface area contributed by atoms with Crippen LogP contribution in [-0.2, 0) is 13.1 Å². The standard InChI is InChI=1S/C22H25F3N6O/c1-3-26-21(27-11-16-5-4-6-17(10-16)20-29-14-30-31-20)28-12-18-8-7-15(2)9-19(18)32-13-22(23,24)25/h4-10,14H,3,11-13H2,1-2H3,(H2,26,27,28)(H,29,30,31). The summed E-state index contributed by atoms with van der Waals surface area (Å²) in [7, 11) is 0. The Hall–Kier alpha value is -3.56. The molecule has 0 bridgehead atoms. The highest BCUT2D eigenvalue weighted by Gasteiger charge is 2.28. The van der Waals surface area contributed by atoms with Crippen molar-refractivity contribution in [2.75, 3.05) is 13.2 Å². The summed E-state index contributed by atoms with van der Waals surface area (Å²) in [4.78, 5) is 8.73. The fourth-order valence-electron chi connectivity index (χ4n) is 2.95. The van der Waals surface area contributed by atoms with Crippen molar-refractivity contribution < 1.29 is 17.9 Å². The third kappa shape index (κ3) is 7.00. The normalized spacial score (nSPS) is 12.0. The number of benzene rings is 2. The molecule has 170 valence electrons. The Morgan fingerprint density at radius 2 is 2.00 bits per heavy atom. The number of aryl methyl sites for hydroxylation is 1. The van der Waals surface area contributed by atoms with Crippen molar-refractivity contribution in [2.45, 2.75) is 33.1 Å². The van der Waals surface area contributed by atoms with E-state index in [2.05, 4.69) is 30.8 Å². The van der Waals surface area contributed by atoms with Gasteiger partial charge in [-0.25, -0.2) is 9.98 Å². The first-order valence-electron chi connectivity index (χ1n) is 10.1. The van der Waals surface area contributed by atoms with Gasteiger partial charge in [0.2, 0.25) is 0 Å². The van der Waals surface area contributed by atoms with Crippen molar-refractivity contribution >= 4 is 5.96 Å². The molecule has 0 spiro atoms. The average molecular weight is 446 g/mol. The average Bonchev–Trinajstić information content (AvgIpc) is 3.30. The van der Waals surface area contributed by atoms with Crippen molar-refractivity contribution in [3.8, 4) is 17.1 Å². The van der Waals surface area contributed by atoms with E-state index in [-0.39, 0.29) is 12.3 Å². The molecule has 3 aromatic rings. The number of ether oxygens (including phenoxy) is 1. The van der Waals surface area contributed by atoms with Crippen LogP contribution in [0.5, 0.6) is 5.75 Å². The molecule has 1 heterocycles. The minimum absolute atomic E-state index is 0.199. The van der Waals surface area contributed by atoms with Crippen molar-refractivity contribution in [3.63, 3.8) is 0 Å². The first kappa shape index (κ1) is 23.1. The largest absolute Gasteiger partial charge is 0.484 e. The van der Waals surface area contributed by atoms with Gasteiger partial charge in [-0.1, -0.05) is 30.3 Å². The van der Waals surface area contributed by atoms with Crippen LogP contribution < -0.4 is 15.4 Å². The quantitative estimate of drug-likeness (QED) is 0.360. The molecule has 32 heavy (non-hydrogen) atoms. The minimum atomic E-state index is -4.40. The molecule has 0 unspecified atom stereocenters. The summed E-state index contributed by atoms with van der Waals surface area (Å²) in [6.45, 7) is 3.70. The number of nitrogens with one attached hydrogen (secondary N) is 3. The number of aromatic nitrogens is 3. The highest BCUT2D eigenvalue weighted by atomic mass is 19.4. The van der Waals surface area contributed by atoms with E-state index in [1.165, 1.54) is 6.33 Å². The number of aromatic amines is 1. The molecular formula is C22H25F3N6O. The molecule has 0 fully saturated rings. The smallest absolute Gasteiger partial charge is 0.422 e. The monoisotopic (exact) mass is 446 g/mol. The summed E-state index contributed by atoms with van der Waals surface area (Å²) in [5, 5.41) is 13.0. The highest BCUT2D eigenvalue weighted by molar-refractivity contribution is 5.79. The van der Waals surface area contributed by atoms with Gasteiger partial charge >= 0.3 is 6.18 Å². The van der Waals surface area contributed by atoms with Crippen LogP contribution in [0.2, 0.25) is 0 Å². The first-order chi connectivity index (χ1) is 15.3. The number of nitrogens with zero attached hydrogens (tertiary/aromatic N) is 3. The number of aliphatic imine (C=N–C) groups is 1. The Bertz CT molecular complexity index is 1030. The van der Waals surface area contributed by atoms with Crippen LogP contribution >= 0.6 is 0 Å². The van der Waals surface area contributed by atoms with Gasteiger partial charge in [0.25, 0.3) is 0 Å². The molecule has 0 radical (unpaired) electrons. The Kier molecular flexibility index (Phi) is 7.69. The van der Waals surface area contributed by atoms with Gasteiger partial charge in [-0.2, -0.15) is 18.3 Å². The Labute approximate surface area is 184 Å². The molecular weight excluding hydrogens is 421 g/mol. The molecule has 2 aromatic carbocycles. The molecule has 10 heteroatoms. The summed E-state index contributed by atoms with van der Waals surface area (Å²) >= 11 is 0. The molecule has 3 N–H and O–H groups in total. The summed E-state index contributed by atoms with van der Waals surface area (Å²) in [5.74, 6) is 1.41. The zero-order valence-corrected chi connectivity index (χ0v) is 17.8. The fraction of sp³-hybridized carbons (Fsp3) is 0.318. The summed E-state index contributed by atoms with van der Waals surface area (Å²) < 4.78 is 42.8. The van der Waals surface area contributed by atoms with Crippen molar-refractivity contribution in [3.05, 3.63) is 65.5 Å². The molecule has 0 saturated carbocycles. The van der Waals surface area contributed by atoms with Gasteiger partial charge in [0.15, 0.2) is 18.4 Å². The Balaban J connectivity index is 1.68. The zero-order valence-electron chi connectivity index (χ0n) is 17.8. The van der Waals surface area contributed by atoms with Crippen molar-refractivity contribution in [1.29, 1.82) is 0 Å². The maximum absolute atomic E-state index is 12.6. The van der Waals surface area contributed by atoms with E-state index < -0.39 is 12.8 Å². The summed E-state index contributed by atoms with van der Waals surface area (Å²) in [5.41, 5.74) is 3.30. The first-order valence-corrected chi connectivity index (χ1v) is 10.1. The number of alkyl halides is 3. The van der Waals surface area contributed by atoms with Gasteiger partial charge in [0.1, 0.15) is 12.1 Å². The number of halogens is 3. The van der Waals surface area contributed by atoms with Crippen LogP contribution in [0.1, 0.15) is 23.6 Å². The van der Waals surface area contributed by atoms with Crippen LogP contribution in [0.15, 0.2) is 53.8 Å². The second kappa shape index (κ2) is 10.7. The lowest BCUT2D eigenvalue weighted by atomic mass is 10.1. The SMILES string of the molecule is CCNC(=NCc1cccc(-c2ncn[nH]2)c1)NCc1ccc(C)cc1OCC(F)(F)F. The third-order valence-electron chi connectivity index (χ3n) is 4.44. The number of H-pyrrole nitrogens is 1. The fourth-order valence-corrected chi connectivity index (χ4v) is 2.95. The lowest BCUT2D eigenvalue weighted by Crippen LogP contribution is -2.37. The number of hydrogen-bond acceptors (Lipinski definition) is 4. The maximum Gasteiger partial charge on any atom is 0.422 e. The molecule has 1 aromatic heterocycles. The van der Waals surface area contributed by atoms with Gasteiger partial charge in [-0.15, -0.1) is 0 Å². The second-order valence-corrected chi connectivity index (χ2v) is 7.10. The Morgan fingerprint density at radius 3 is 2.72 bits per heavy atom. The summed E-state index contributed by atoms with van der Waals surface area (Å²) in [6, 6.07) is 12.9. The van der Waals surface area contributed by atoms with E-state index in [1.807, 2.05) is 37.3 Å². The molecule has 0 aliphatic carbocycles. The van der Waals surface area contributed by atoms with E-state index in [1.54, 1.807) is 19.1 Å². The van der Waals surface area contributed by atoms with Gasteiger partial charge in [0, 0.05) is 24.2 Å². The lowest BCUT2D eigenvalue weighted by molar-refractivity contribution is -0.153.